The molecule has 0 amide bonds. The molecule has 0 heterocycles. The Bertz CT molecular complexity index is 479. The third-order valence-electron chi connectivity index (χ3n) is 4.42. The van der Waals surface area contributed by atoms with Crippen LogP contribution in [-0.2, 0) is 6.18 Å². The molecular formula is C17H24F3N. The van der Waals surface area contributed by atoms with E-state index in [0.717, 1.165) is 19.3 Å². The first-order chi connectivity index (χ1) is 9.69. The van der Waals surface area contributed by atoms with Gasteiger partial charge < -0.3 is 5.32 Å². The van der Waals surface area contributed by atoms with Crippen molar-refractivity contribution in [3.05, 3.63) is 35.4 Å². The van der Waals surface area contributed by atoms with Crippen molar-refractivity contribution in [2.24, 2.45) is 5.41 Å². The highest BCUT2D eigenvalue weighted by Gasteiger charge is 2.35. The molecular weight excluding hydrogens is 275 g/mol. The van der Waals surface area contributed by atoms with Gasteiger partial charge in [-0.15, -0.1) is 0 Å². The maximum Gasteiger partial charge on any atom is 0.416 e. The second-order valence-corrected chi connectivity index (χ2v) is 6.93. The minimum absolute atomic E-state index is 0.277. The van der Waals surface area contributed by atoms with Gasteiger partial charge in [0.05, 0.1) is 5.56 Å². The third-order valence-corrected chi connectivity index (χ3v) is 4.42. The summed E-state index contributed by atoms with van der Waals surface area (Å²) < 4.78 is 39.2. The molecule has 2 atom stereocenters. The van der Waals surface area contributed by atoms with Gasteiger partial charge in [0, 0.05) is 12.1 Å². The first kappa shape index (κ1) is 16.3. The number of hydrogen-bond acceptors (Lipinski definition) is 1. The lowest BCUT2D eigenvalue weighted by Gasteiger charge is -2.37. The zero-order chi connectivity index (χ0) is 15.7. The zero-order valence-corrected chi connectivity index (χ0v) is 12.9. The van der Waals surface area contributed by atoms with Crippen molar-refractivity contribution >= 4 is 0 Å². The van der Waals surface area contributed by atoms with Crippen LogP contribution in [0.25, 0.3) is 0 Å². The summed E-state index contributed by atoms with van der Waals surface area (Å²) in [7, 11) is 0. The van der Waals surface area contributed by atoms with Gasteiger partial charge in [-0.05, 0) is 43.2 Å². The van der Waals surface area contributed by atoms with E-state index in [4.69, 9.17) is 0 Å². The topological polar surface area (TPSA) is 12.0 Å². The molecule has 4 heteroatoms. The average molecular weight is 299 g/mol. The number of alkyl halides is 3. The Morgan fingerprint density at radius 1 is 1.24 bits per heavy atom. The Kier molecular flexibility index (Phi) is 4.66. The van der Waals surface area contributed by atoms with E-state index in [0.29, 0.717) is 11.6 Å². The van der Waals surface area contributed by atoms with E-state index >= 15 is 0 Å². The van der Waals surface area contributed by atoms with Crippen LogP contribution in [0.4, 0.5) is 13.2 Å². The first-order valence-electron chi connectivity index (χ1n) is 7.61. The Labute approximate surface area is 124 Å². The normalized spacial score (nSPS) is 23.8. The van der Waals surface area contributed by atoms with Crippen molar-refractivity contribution < 1.29 is 13.2 Å². The summed E-state index contributed by atoms with van der Waals surface area (Å²) >= 11 is 0. The van der Waals surface area contributed by atoms with Gasteiger partial charge >= 0.3 is 6.18 Å². The molecule has 1 aliphatic carbocycles. The van der Waals surface area contributed by atoms with Gasteiger partial charge in [-0.2, -0.15) is 13.2 Å². The van der Waals surface area contributed by atoms with Crippen LogP contribution in [-0.4, -0.2) is 6.04 Å². The van der Waals surface area contributed by atoms with Crippen LogP contribution in [0.1, 0.15) is 63.6 Å². The van der Waals surface area contributed by atoms with Gasteiger partial charge in [0.25, 0.3) is 0 Å². The van der Waals surface area contributed by atoms with Gasteiger partial charge in [-0.3, -0.25) is 0 Å². The van der Waals surface area contributed by atoms with E-state index in [1.54, 1.807) is 12.1 Å². The number of nitrogens with one attached hydrogen (secondary N) is 1. The van der Waals surface area contributed by atoms with Crippen LogP contribution < -0.4 is 5.32 Å². The summed E-state index contributed by atoms with van der Waals surface area (Å²) in [6.45, 7) is 6.29. The van der Waals surface area contributed by atoms with E-state index < -0.39 is 11.7 Å². The van der Waals surface area contributed by atoms with E-state index in [2.05, 4.69) is 19.2 Å². The highest BCUT2D eigenvalue weighted by atomic mass is 19.4. The maximum absolute atomic E-state index is 13.1. The SMILES string of the molecule is CC(NC1CCCC(C)(C)C1)c1ccccc1C(F)(F)F. The molecule has 0 saturated heterocycles. The minimum Gasteiger partial charge on any atom is -0.307 e. The lowest BCUT2D eigenvalue weighted by Crippen LogP contribution is -2.39. The molecule has 21 heavy (non-hydrogen) atoms. The van der Waals surface area contributed by atoms with Crippen LogP contribution in [0.5, 0.6) is 0 Å². The minimum atomic E-state index is -4.29. The largest absolute Gasteiger partial charge is 0.416 e. The lowest BCUT2D eigenvalue weighted by molar-refractivity contribution is -0.138. The molecule has 1 aromatic carbocycles. The molecule has 0 aliphatic heterocycles. The highest BCUT2D eigenvalue weighted by molar-refractivity contribution is 5.32. The Morgan fingerprint density at radius 2 is 1.90 bits per heavy atom. The summed E-state index contributed by atoms with van der Waals surface area (Å²) in [5.41, 5.74) is 0.0903. The maximum atomic E-state index is 13.1. The molecule has 2 rings (SSSR count). The van der Waals surface area contributed by atoms with Crippen molar-refractivity contribution in [1.29, 1.82) is 0 Å². The van der Waals surface area contributed by atoms with Crippen molar-refractivity contribution in [3.8, 4) is 0 Å². The Hall–Kier alpha value is -1.03. The molecule has 1 nitrogen and oxygen atoms in total. The molecule has 1 aromatic rings. The van der Waals surface area contributed by atoms with Crippen molar-refractivity contribution in [3.63, 3.8) is 0 Å². The molecule has 0 aromatic heterocycles. The third kappa shape index (κ3) is 4.22. The molecule has 0 spiro atoms. The van der Waals surface area contributed by atoms with Gasteiger partial charge in [0.2, 0.25) is 0 Å². The predicted octanol–water partition coefficient (Wildman–Crippen LogP) is 5.32. The van der Waals surface area contributed by atoms with E-state index in [-0.39, 0.29) is 11.5 Å². The number of rotatable bonds is 3. The summed E-state index contributed by atoms with van der Waals surface area (Å²) in [4.78, 5) is 0. The quantitative estimate of drug-likeness (QED) is 0.796. The van der Waals surface area contributed by atoms with Crippen LogP contribution >= 0.6 is 0 Å². The standard InChI is InChI=1S/C17H24F3N/c1-12(21-13-7-6-10-16(2,3)11-13)14-8-4-5-9-15(14)17(18,19)20/h4-5,8-9,12-13,21H,6-7,10-11H2,1-3H3. The highest BCUT2D eigenvalue weighted by Crippen LogP contribution is 2.38. The summed E-state index contributed by atoms with van der Waals surface area (Å²) in [5.74, 6) is 0. The fraction of sp³-hybridized carbons (Fsp3) is 0.647. The van der Waals surface area contributed by atoms with Gasteiger partial charge in [0.1, 0.15) is 0 Å². The number of hydrogen-bond donors (Lipinski definition) is 1. The van der Waals surface area contributed by atoms with Crippen molar-refractivity contribution in [2.75, 3.05) is 0 Å². The Morgan fingerprint density at radius 3 is 2.52 bits per heavy atom. The second kappa shape index (κ2) is 5.99. The molecule has 1 fully saturated rings. The molecule has 1 N–H and O–H groups in total. The van der Waals surface area contributed by atoms with Crippen LogP contribution in [0.3, 0.4) is 0 Å². The summed E-state index contributed by atoms with van der Waals surface area (Å²) in [5, 5.41) is 3.40. The average Bonchev–Trinajstić information content (AvgIpc) is 2.36. The predicted molar refractivity (Wildman–Crippen MR) is 79.0 cm³/mol. The lowest BCUT2D eigenvalue weighted by atomic mass is 9.75. The molecule has 1 aliphatic rings. The van der Waals surface area contributed by atoms with Crippen LogP contribution in [0.15, 0.2) is 24.3 Å². The molecule has 0 bridgehead atoms. The van der Waals surface area contributed by atoms with Gasteiger partial charge in [0.15, 0.2) is 0 Å². The summed E-state index contributed by atoms with van der Waals surface area (Å²) in [6, 6.07) is 5.87. The zero-order valence-electron chi connectivity index (χ0n) is 12.9. The number of halogens is 3. The fourth-order valence-corrected chi connectivity index (χ4v) is 3.42. The second-order valence-electron chi connectivity index (χ2n) is 6.93. The van der Waals surface area contributed by atoms with E-state index in [1.165, 1.54) is 18.6 Å². The molecule has 0 radical (unpaired) electrons. The van der Waals surface area contributed by atoms with Gasteiger partial charge in [-0.1, -0.05) is 38.5 Å². The van der Waals surface area contributed by atoms with E-state index in [9.17, 15) is 13.2 Å². The van der Waals surface area contributed by atoms with Crippen molar-refractivity contribution in [1.82, 2.24) is 5.32 Å². The van der Waals surface area contributed by atoms with Crippen molar-refractivity contribution in [2.45, 2.75) is 64.7 Å². The molecule has 2 unspecified atom stereocenters. The van der Waals surface area contributed by atoms with Crippen LogP contribution in [0.2, 0.25) is 0 Å². The molecule has 118 valence electrons. The first-order valence-corrected chi connectivity index (χ1v) is 7.61. The van der Waals surface area contributed by atoms with E-state index in [1.807, 2.05) is 6.92 Å². The Balaban J connectivity index is 2.12. The number of benzene rings is 1. The van der Waals surface area contributed by atoms with Gasteiger partial charge in [-0.25, -0.2) is 0 Å². The molecule has 1 saturated carbocycles. The monoisotopic (exact) mass is 299 g/mol. The van der Waals surface area contributed by atoms with Crippen LogP contribution in [0, 0.1) is 5.41 Å². The summed E-state index contributed by atoms with van der Waals surface area (Å²) in [6.07, 6.45) is 0.100. The smallest absolute Gasteiger partial charge is 0.307 e. The fourth-order valence-electron chi connectivity index (χ4n) is 3.42.